The monoisotopic (exact) mass is 460 g/mol. The van der Waals surface area contributed by atoms with E-state index >= 15 is 0 Å². The third-order valence-electron chi connectivity index (χ3n) is 3.87. The summed E-state index contributed by atoms with van der Waals surface area (Å²) in [4.78, 5) is 4.53. The van der Waals surface area contributed by atoms with Crippen LogP contribution in [0, 0.1) is 0 Å². The Morgan fingerprint density at radius 1 is 1.35 bits per heavy atom. The van der Waals surface area contributed by atoms with Crippen molar-refractivity contribution in [2.45, 2.75) is 63.8 Å². The maximum atomic E-state index is 11.4. The number of aliphatic imine (C=N–C) groups is 1. The molecule has 0 aromatic heterocycles. The van der Waals surface area contributed by atoms with Crippen molar-refractivity contribution in [1.29, 1.82) is 0 Å². The Kier molecular flexibility index (Phi) is 7.55. The molecule has 2 aliphatic heterocycles. The summed E-state index contributed by atoms with van der Waals surface area (Å²) in [5.41, 5.74) is -0.624. The van der Waals surface area contributed by atoms with Crippen LogP contribution in [0.2, 0.25) is 0 Å². The van der Waals surface area contributed by atoms with Gasteiger partial charge in [0, 0.05) is 12.1 Å². The van der Waals surface area contributed by atoms with Crippen molar-refractivity contribution in [2.75, 3.05) is 19.3 Å². The van der Waals surface area contributed by atoms with Gasteiger partial charge in [0.25, 0.3) is 0 Å². The minimum Gasteiger partial charge on any atom is -0.373 e. The molecule has 0 aromatic rings. The van der Waals surface area contributed by atoms with Crippen molar-refractivity contribution in [1.82, 2.24) is 15.4 Å². The number of nitrogens with one attached hydrogen (secondary N) is 3. The highest BCUT2D eigenvalue weighted by atomic mass is 127. The topological polar surface area (TPSA) is 91.8 Å². The Balaban J connectivity index is 0.00000264. The number of halogens is 1. The number of hydrogen-bond donors (Lipinski definition) is 3. The van der Waals surface area contributed by atoms with Gasteiger partial charge in [0.05, 0.1) is 31.1 Å². The first-order valence-electron chi connectivity index (χ1n) is 7.88. The fourth-order valence-electron chi connectivity index (χ4n) is 3.10. The number of ether oxygens (including phenoxy) is 1. The molecule has 3 unspecified atom stereocenters. The molecule has 2 fully saturated rings. The number of rotatable bonds is 6. The van der Waals surface area contributed by atoms with E-state index in [4.69, 9.17) is 4.74 Å². The van der Waals surface area contributed by atoms with Gasteiger partial charge in [-0.3, -0.25) is 4.99 Å². The summed E-state index contributed by atoms with van der Waals surface area (Å²) in [6.07, 6.45) is 5.09. The molecule has 23 heavy (non-hydrogen) atoms. The fraction of sp³-hybridized carbons (Fsp3) is 0.929. The number of guanidine groups is 1. The highest BCUT2D eigenvalue weighted by molar-refractivity contribution is 14.0. The van der Waals surface area contributed by atoms with Gasteiger partial charge in [0.1, 0.15) is 0 Å². The van der Waals surface area contributed by atoms with Crippen LogP contribution in [0.4, 0.5) is 0 Å². The van der Waals surface area contributed by atoms with Crippen molar-refractivity contribution in [3.05, 3.63) is 0 Å². The average Bonchev–Trinajstić information content (AvgIpc) is 2.95. The van der Waals surface area contributed by atoms with Gasteiger partial charge < -0.3 is 15.4 Å². The lowest BCUT2D eigenvalue weighted by atomic mass is 9.96. The first kappa shape index (κ1) is 20.9. The van der Waals surface area contributed by atoms with E-state index in [0.29, 0.717) is 24.7 Å². The van der Waals surface area contributed by atoms with Crippen molar-refractivity contribution in [3.8, 4) is 0 Å². The van der Waals surface area contributed by atoms with Crippen LogP contribution in [-0.2, 0) is 14.8 Å². The Labute approximate surface area is 156 Å². The molecule has 0 saturated carbocycles. The van der Waals surface area contributed by atoms with E-state index in [0.717, 1.165) is 32.1 Å². The Hall–Kier alpha value is -0.130. The van der Waals surface area contributed by atoms with Crippen LogP contribution >= 0.6 is 24.0 Å². The summed E-state index contributed by atoms with van der Waals surface area (Å²) in [6.45, 7) is 6.77. The molecule has 3 atom stereocenters. The Bertz CT molecular complexity index is 524. The maximum Gasteiger partial charge on any atom is 0.209 e. The molecule has 2 heterocycles. The molecule has 9 heteroatoms. The standard InChI is InChI=1S/C14H28N4O3S.HI/c1-5-15-13(16-9-14(2,3)18-22(4,19)20)17-11-8-10-6-7-12(11)21-10;/h10-12,18H,5-9H2,1-4H3,(H2,15,16,17);1H. The molecule has 2 bridgehead atoms. The van der Waals surface area contributed by atoms with E-state index in [2.05, 4.69) is 20.3 Å². The first-order valence-corrected chi connectivity index (χ1v) is 9.77. The van der Waals surface area contributed by atoms with Crippen molar-refractivity contribution < 1.29 is 13.2 Å². The van der Waals surface area contributed by atoms with E-state index < -0.39 is 15.6 Å². The predicted octanol–water partition coefficient (Wildman–Crippen LogP) is 0.807. The van der Waals surface area contributed by atoms with Gasteiger partial charge in [0.2, 0.25) is 10.0 Å². The zero-order valence-corrected chi connectivity index (χ0v) is 17.4. The molecule has 0 spiro atoms. The van der Waals surface area contributed by atoms with E-state index in [1.165, 1.54) is 0 Å². The molecule has 0 aromatic carbocycles. The van der Waals surface area contributed by atoms with Gasteiger partial charge in [-0.15, -0.1) is 24.0 Å². The van der Waals surface area contributed by atoms with E-state index in [1.807, 2.05) is 20.8 Å². The molecule has 2 rings (SSSR count). The van der Waals surface area contributed by atoms with Crippen LogP contribution in [0.1, 0.15) is 40.0 Å². The fourth-order valence-corrected chi connectivity index (χ4v) is 4.16. The number of fused-ring (bicyclic) bond motifs is 2. The Morgan fingerprint density at radius 2 is 2.04 bits per heavy atom. The summed E-state index contributed by atoms with van der Waals surface area (Å²) in [6, 6.07) is 0.294. The second-order valence-corrected chi connectivity index (χ2v) is 8.56. The van der Waals surface area contributed by atoms with Crippen LogP contribution < -0.4 is 15.4 Å². The minimum absolute atomic E-state index is 0. The van der Waals surface area contributed by atoms with Gasteiger partial charge >= 0.3 is 0 Å². The molecule has 7 nitrogen and oxygen atoms in total. The quantitative estimate of drug-likeness (QED) is 0.310. The lowest BCUT2D eigenvalue weighted by Gasteiger charge is -2.25. The highest BCUT2D eigenvalue weighted by Crippen LogP contribution is 2.34. The molecular formula is C14H29IN4O3S. The van der Waals surface area contributed by atoms with Crippen LogP contribution in [0.25, 0.3) is 0 Å². The third kappa shape index (κ3) is 6.71. The van der Waals surface area contributed by atoms with Gasteiger partial charge in [-0.2, -0.15) is 0 Å². The lowest BCUT2D eigenvalue weighted by Crippen LogP contribution is -2.49. The maximum absolute atomic E-state index is 11.4. The molecule has 136 valence electrons. The Morgan fingerprint density at radius 3 is 2.52 bits per heavy atom. The average molecular weight is 460 g/mol. The summed E-state index contributed by atoms with van der Waals surface area (Å²) in [7, 11) is -3.25. The zero-order valence-electron chi connectivity index (χ0n) is 14.3. The van der Waals surface area contributed by atoms with Crippen molar-refractivity contribution in [3.63, 3.8) is 0 Å². The van der Waals surface area contributed by atoms with E-state index in [-0.39, 0.29) is 30.1 Å². The van der Waals surface area contributed by atoms with E-state index in [1.54, 1.807) is 0 Å². The second kappa shape index (κ2) is 8.30. The summed E-state index contributed by atoms with van der Waals surface area (Å²) in [5.74, 6) is 0.715. The van der Waals surface area contributed by atoms with Crippen LogP contribution in [-0.4, -0.2) is 57.5 Å². The van der Waals surface area contributed by atoms with Gasteiger partial charge in [-0.1, -0.05) is 0 Å². The van der Waals surface area contributed by atoms with Gasteiger partial charge in [-0.05, 0) is 40.0 Å². The summed E-state index contributed by atoms with van der Waals surface area (Å²) in [5, 5.41) is 6.63. The minimum atomic E-state index is -3.25. The summed E-state index contributed by atoms with van der Waals surface area (Å²) < 4.78 is 31.2. The number of sulfonamides is 1. The van der Waals surface area contributed by atoms with Crippen LogP contribution in [0.15, 0.2) is 4.99 Å². The molecule has 2 aliphatic rings. The van der Waals surface area contributed by atoms with Gasteiger partial charge in [-0.25, -0.2) is 13.1 Å². The predicted molar refractivity (Wildman–Crippen MR) is 103 cm³/mol. The first-order chi connectivity index (χ1) is 10.2. The van der Waals surface area contributed by atoms with Crippen LogP contribution in [0.3, 0.4) is 0 Å². The molecular weight excluding hydrogens is 431 g/mol. The lowest BCUT2D eigenvalue weighted by molar-refractivity contribution is 0.0992. The third-order valence-corrected chi connectivity index (χ3v) is 4.79. The number of nitrogens with zero attached hydrogens (tertiary/aromatic N) is 1. The second-order valence-electron chi connectivity index (χ2n) is 6.81. The van der Waals surface area contributed by atoms with E-state index in [9.17, 15) is 8.42 Å². The smallest absolute Gasteiger partial charge is 0.209 e. The molecule has 0 radical (unpaired) electrons. The van der Waals surface area contributed by atoms with Gasteiger partial charge in [0.15, 0.2) is 5.96 Å². The largest absolute Gasteiger partial charge is 0.373 e. The molecule has 3 N–H and O–H groups in total. The molecule has 0 aliphatic carbocycles. The van der Waals surface area contributed by atoms with Crippen molar-refractivity contribution >= 4 is 40.0 Å². The number of hydrogen-bond acceptors (Lipinski definition) is 4. The SMILES string of the molecule is CCNC(=NCC(C)(C)NS(C)(=O)=O)NC1CC2CCC1O2.I. The van der Waals surface area contributed by atoms with Crippen LogP contribution in [0.5, 0.6) is 0 Å². The highest BCUT2D eigenvalue weighted by Gasteiger charge is 2.41. The molecule has 0 amide bonds. The summed E-state index contributed by atoms with van der Waals surface area (Å²) >= 11 is 0. The van der Waals surface area contributed by atoms with Crippen molar-refractivity contribution in [2.24, 2.45) is 4.99 Å². The normalized spacial score (nSPS) is 27.7. The zero-order chi connectivity index (χ0) is 16.4. The molecule has 2 saturated heterocycles.